The van der Waals surface area contributed by atoms with Crippen LogP contribution in [-0.4, -0.2) is 36.8 Å². The van der Waals surface area contributed by atoms with Crippen molar-refractivity contribution < 1.29 is 14.3 Å². The van der Waals surface area contributed by atoms with E-state index in [-0.39, 0.29) is 24.2 Å². The van der Waals surface area contributed by atoms with Gasteiger partial charge in [0.2, 0.25) is 0 Å². The Morgan fingerprint density at radius 1 is 1.19 bits per heavy atom. The molecule has 0 bridgehead atoms. The molecule has 3 aromatic rings. The van der Waals surface area contributed by atoms with E-state index in [0.29, 0.717) is 6.42 Å². The van der Waals surface area contributed by atoms with Crippen LogP contribution >= 0.6 is 12.4 Å². The molecular weight excluding hydrogens is 424 g/mol. The average molecular weight is 455 g/mol. The lowest BCUT2D eigenvalue weighted by atomic mass is 9.95. The molecule has 1 aliphatic rings. The molecule has 1 unspecified atom stereocenters. The van der Waals surface area contributed by atoms with E-state index >= 15 is 0 Å². The minimum atomic E-state index is -0.0815. The van der Waals surface area contributed by atoms with Crippen molar-refractivity contribution in [2.24, 2.45) is 0 Å². The predicted octanol–water partition coefficient (Wildman–Crippen LogP) is 4.94. The highest BCUT2D eigenvalue weighted by atomic mass is 35.5. The normalized spacial score (nSPS) is 14.7. The molecule has 0 amide bonds. The van der Waals surface area contributed by atoms with Crippen molar-refractivity contribution in [2.45, 2.75) is 44.6 Å². The Balaban J connectivity index is 0.00000289. The number of para-hydroxylation sites is 1. The van der Waals surface area contributed by atoms with Gasteiger partial charge in [-0.1, -0.05) is 18.2 Å². The van der Waals surface area contributed by atoms with Crippen LogP contribution in [-0.2, 0) is 17.6 Å². The van der Waals surface area contributed by atoms with E-state index in [1.54, 1.807) is 7.11 Å². The molecule has 1 N–H and O–H groups in total. The fraction of sp³-hybridized carbons (Fsp3) is 0.385. The molecule has 0 saturated heterocycles. The van der Waals surface area contributed by atoms with Gasteiger partial charge in [-0.15, -0.1) is 12.4 Å². The number of rotatable bonds is 11. The zero-order valence-corrected chi connectivity index (χ0v) is 19.3. The summed E-state index contributed by atoms with van der Waals surface area (Å²) in [6.45, 7) is 1.80. The number of halogens is 1. The number of ether oxygens (including phenoxy) is 1. The Hall–Kier alpha value is -2.63. The van der Waals surface area contributed by atoms with Gasteiger partial charge in [-0.25, -0.2) is 0 Å². The van der Waals surface area contributed by atoms with Crippen LogP contribution in [0.2, 0.25) is 0 Å². The summed E-state index contributed by atoms with van der Waals surface area (Å²) in [5, 5.41) is 4.52. The zero-order chi connectivity index (χ0) is 21.6. The number of carbonyl (C=O) groups is 2. The predicted molar refractivity (Wildman–Crippen MR) is 130 cm³/mol. The number of hydrogen-bond acceptors (Lipinski definition) is 4. The summed E-state index contributed by atoms with van der Waals surface area (Å²) in [6.07, 6.45) is 7.99. The smallest absolute Gasteiger partial charge is 0.162 e. The number of nitrogens with one attached hydrogen (secondary N) is 1. The monoisotopic (exact) mass is 454 g/mol. The van der Waals surface area contributed by atoms with Crippen LogP contribution in [0.5, 0.6) is 5.75 Å². The van der Waals surface area contributed by atoms with E-state index in [4.69, 9.17) is 4.74 Å². The molecule has 1 atom stereocenters. The van der Waals surface area contributed by atoms with Gasteiger partial charge in [0, 0.05) is 23.6 Å². The highest BCUT2D eigenvalue weighted by molar-refractivity contribution is 6.00. The molecule has 0 spiro atoms. The minimum absolute atomic E-state index is 0. The molecule has 0 aliphatic carbocycles. The third-order valence-corrected chi connectivity index (χ3v) is 6.21. The van der Waals surface area contributed by atoms with Gasteiger partial charge < -0.3 is 19.4 Å². The highest BCUT2D eigenvalue weighted by Crippen LogP contribution is 2.32. The molecule has 32 heavy (non-hydrogen) atoms. The van der Waals surface area contributed by atoms with Gasteiger partial charge in [0.05, 0.1) is 18.7 Å². The number of nitrogens with zero attached hydrogens (tertiary/aromatic N) is 1. The zero-order valence-electron chi connectivity index (χ0n) is 18.5. The maximum Gasteiger partial charge on any atom is 0.162 e. The van der Waals surface area contributed by atoms with Crippen molar-refractivity contribution in [3.8, 4) is 5.75 Å². The van der Waals surface area contributed by atoms with Gasteiger partial charge in [0.15, 0.2) is 5.78 Å². The minimum Gasteiger partial charge on any atom is -0.496 e. The summed E-state index contributed by atoms with van der Waals surface area (Å²) in [7, 11) is 1.70. The van der Waals surface area contributed by atoms with Gasteiger partial charge in [-0.2, -0.15) is 0 Å². The van der Waals surface area contributed by atoms with Crippen LogP contribution in [0, 0.1) is 0 Å². The molecule has 0 fully saturated rings. The fourth-order valence-corrected chi connectivity index (χ4v) is 4.54. The molecule has 0 radical (unpaired) electrons. The van der Waals surface area contributed by atoms with Crippen molar-refractivity contribution in [3.63, 3.8) is 0 Å². The van der Waals surface area contributed by atoms with Crippen molar-refractivity contribution in [1.82, 2.24) is 9.88 Å². The van der Waals surface area contributed by atoms with Crippen LogP contribution in [0.15, 0.2) is 48.7 Å². The van der Waals surface area contributed by atoms with Crippen molar-refractivity contribution in [3.05, 3.63) is 65.4 Å². The van der Waals surface area contributed by atoms with Crippen LogP contribution in [0.3, 0.4) is 0 Å². The van der Waals surface area contributed by atoms with E-state index in [2.05, 4.69) is 11.4 Å². The lowest BCUT2D eigenvalue weighted by molar-refractivity contribution is -0.110. The number of ketones is 1. The second-order valence-corrected chi connectivity index (χ2v) is 8.23. The maximum atomic E-state index is 12.7. The van der Waals surface area contributed by atoms with Gasteiger partial charge in [-0.3, -0.25) is 4.79 Å². The number of aryl methyl sites for hydroxylation is 1. The average Bonchev–Trinajstić information content (AvgIpc) is 3.24. The maximum absolute atomic E-state index is 12.7. The second kappa shape index (κ2) is 11.3. The summed E-state index contributed by atoms with van der Waals surface area (Å²) < 4.78 is 7.43. The highest BCUT2D eigenvalue weighted by Gasteiger charge is 2.22. The van der Waals surface area contributed by atoms with Crippen LogP contribution in [0.4, 0.5) is 0 Å². The van der Waals surface area contributed by atoms with Crippen LogP contribution < -0.4 is 10.1 Å². The molecule has 1 aromatic heterocycles. The topological polar surface area (TPSA) is 60.3 Å². The summed E-state index contributed by atoms with van der Waals surface area (Å²) in [4.78, 5) is 24.1. The molecule has 4 rings (SSSR count). The first kappa shape index (κ1) is 24.0. The largest absolute Gasteiger partial charge is 0.496 e. The van der Waals surface area contributed by atoms with Gasteiger partial charge in [0.1, 0.15) is 12.0 Å². The number of benzene rings is 2. The SMILES string of the molecule is COc1ccccc1CCNCCCCC(=O)c1cc2c3c(ccn3C(C=O)CC2)c1.Cl. The summed E-state index contributed by atoms with van der Waals surface area (Å²) in [6, 6.07) is 14.1. The first-order chi connectivity index (χ1) is 15.2. The van der Waals surface area contributed by atoms with Crippen LogP contribution in [0.25, 0.3) is 10.9 Å². The Morgan fingerprint density at radius 2 is 2.03 bits per heavy atom. The van der Waals surface area contributed by atoms with Crippen LogP contribution in [0.1, 0.15) is 53.2 Å². The Morgan fingerprint density at radius 3 is 2.84 bits per heavy atom. The van der Waals surface area contributed by atoms with Crippen molar-refractivity contribution >= 4 is 35.4 Å². The number of unbranched alkanes of at least 4 members (excludes halogenated alkanes) is 1. The van der Waals surface area contributed by atoms with E-state index in [1.165, 1.54) is 11.1 Å². The number of aldehydes is 1. The first-order valence-electron chi connectivity index (χ1n) is 11.2. The summed E-state index contributed by atoms with van der Waals surface area (Å²) in [5.74, 6) is 1.14. The van der Waals surface area contributed by atoms with E-state index in [9.17, 15) is 9.59 Å². The Kier molecular flexibility index (Phi) is 8.48. The van der Waals surface area contributed by atoms with Gasteiger partial charge >= 0.3 is 0 Å². The standard InChI is InChI=1S/C26H30N2O3.ClH/c1-31-25-8-3-2-6-19(25)11-14-27-13-5-4-7-24(30)22-16-20-9-10-23(18-29)28-15-12-21(17-22)26(20)28;/h2-3,6,8,12,15-18,23,27H,4-5,7,9-11,13-14H2,1H3;1H. The third-order valence-electron chi connectivity index (χ3n) is 6.21. The fourth-order valence-electron chi connectivity index (χ4n) is 4.54. The van der Waals surface area contributed by atoms with Crippen molar-refractivity contribution in [2.75, 3.05) is 20.2 Å². The molecule has 5 nitrogen and oxygen atoms in total. The third kappa shape index (κ3) is 5.22. The van der Waals surface area contributed by atoms with E-state index in [1.807, 2.05) is 47.2 Å². The number of carbonyl (C=O) groups excluding carboxylic acids is 2. The first-order valence-corrected chi connectivity index (χ1v) is 11.2. The lowest BCUT2D eigenvalue weighted by Crippen LogP contribution is -2.19. The van der Waals surface area contributed by atoms with Gasteiger partial charge in [0.25, 0.3) is 0 Å². The number of aromatic nitrogens is 1. The van der Waals surface area contributed by atoms with E-state index < -0.39 is 0 Å². The Bertz CT molecular complexity index is 1080. The molecule has 2 heterocycles. The molecule has 2 aromatic carbocycles. The summed E-state index contributed by atoms with van der Waals surface area (Å²) in [5.41, 5.74) is 4.30. The van der Waals surface area contributed by atoms with Crippen molar-refractivity contribution in [1.29, 1.82) is 0 Å². The molecule has 6 heteroatoms. The van der Waals surface area contributed by atoms with Gasteiger partial charge in [-0.05, 0) is 80.6 Å². The molecule has 1 aliphatic heterocycles. The lowest BCUT2D eigenvalue weighted by Gasteiger charge is -2.22. The molecule has 170 valence electrons. The number of hydrogen-bond donors (Lipinski definition) is 1. The van der Waals surface area contributed by atoms with E-state index in [0.717, 1.165) is 73.7 Å². The number of Topliss-reactive ketones (excluding diaryl/α,β-unsaturated/α-hetero) is 1. The second-order valence-electron chi connectivity index (χ2n) is 8.23. The Labute approximate surface area is 195 Å². The summed E-state index contributed by atoms with van der Waals surface area (Å²) >= 11 is 0. The molecular formula is C26H31ClN2O3. The molecule has 0 saturated carbocycles. The quantitative estimate of drug-likeness (QED) is 0.253. The number of methoxy groups -OCH3 is 1.